The van der Waals surface area contributed by atoms with Crippen molar-refractivity contribution >= 4 is 26.8 Å². The second kappa shape index (κ2) is 9.43. The lowest BCUT2D eigenvalue weighted by Crippen LogP contribution is -2.43. The topological polar surface area (TPSA) is 120 Å². The summed E-state index contributed by atoms with van der Waals surface area (Å²) in [5, 5.41) is 0.0450. The molecule has 0 unspecified atom stereocenters. The Balaban J connectivity index is 1.65. The van der Waals surface area contributed by atoms with Crippen molar-refractivity contribution in [2.75, 3.05) is 20.2 Å². The highest BCUT2D eigenvalue weighted by Crippen LogP contribution is 2.17. The van der Waals surface area contributed by atoms with Crippen LogP contribution in [0, 0.1) is 0 Å². The van der Waals surface area contributed by atoms with Gasteiger partial charge in [-0.25, -0.2) is 17.9 Å². The molecule has 0 saturated carbocycles. The van der Waals surface area contributed by atoms with E-state index in [1.807, 2.05) is 0 Å². The molecule has 1 aromatic heterocycles. The molecule has 0 bridgehead atoms. The summed E-state index contributed by atoms with van der Waals surface area (Å²) in [5.74, 6) is 0.354. The molecule has 2 heterocycles. The Morgan fingerprint density at radius 3 is 2.38 bits per heavy atom. The van der Waals surface area contributed by atoms with Gasteiger partial charge in [-0.15, -0.1) is 0 Å². The third-order valence-corrected chi connectivity index (χ3v) is 7.41. The van der Waals surface area contributed by atoms with E-state index >= 15 is 0 Å². The summed E-state index contributed by atoms with van der Waals surface area (Å²) in [6.45, 7) is 0.869. The summed E-state index contributed by atoms with van der Waals surface area (Å²) in [6.07, 6.45) is 1.78. The zero-order chi connectivity index (χ0) is 24.5. The number of fused-ring (bicyclic) bond motifs is 1. The van der Waals surface area contributed by atoms with Crippen LogP contribution in [0.5, 0.6) is 5.75 Å². The predicted octanol–water partition coefficient (Wildman–Crippen LogP) is 0.810. The molecule has 11 heteroatoms. The van der Waals surface area contributed by atoms with Crippen LogP contribution >= 0.6 is 0 Å². The molecule has 0 atom stereocenters. The number of carbonyl (C=O) groups is 1. The van der Waals surface area contributed by atoms with Gasteiger partial charge in [0.15, 0.2) is 0 Å². The Hall–Kier alpha value is -3.44. The number of carbonyl (C=O) groups excluding carboxylic acids is 1. The number of ether oxygens (including phenoxy) is 1. The van der Waals surface area contributed by atoms with Gasteiger partial charge in [-0.05, 0) is 48.7 Å². The molecule has 0 spiro atoms. The number of sulfonamides is 1. The predicted molar refractivity (Wildman–Crippen MR) is 126 cm³/mol. The molecule has 1 amide bonds. The van der Waals surface area contributed by atoms with Crippen molar-refractivity contribution in [2.24, 2.45) is 7.05 Å². The van der Waals surface area contributed by atoms with Gasteiger partial charge in [0.05, 0.1) is 22.9 Å². The minimum atomic E-state index is -3.95. The van der Waals surface area contributed by atoms with Gasteiger partial charge in [0.2, 0.25) is 15.9 Å². The molecule has 10 nitrogen and oxygen atoms in total. The normalized spacial score (nSPS) is 14.0. The molecule has 1 aliphatic heterocycles. The molecule has 34 heavy (non-hydrogen) atoms. The number of hydrogen-bond acceptors (Lipinski definition) is 6. The van der Waals surface area contributed by atoms with Crippen LogP contribution in [0.1, 0.15) is 18.4 Å². The van der Waals surface area contributed by atoms with Gasteiger partial charge in [-0.2, -0.15) is 0 Å². The fourth-order valence-corrected chi connectivity index (χ4v) is 5.05. The van der Waals surface area contributed by atoms with Gasteiger partial charge in [0, 0.05) is 26.7 Å². The van der Waals surface area contributed by atoms with E-state index in [1.165, 1.54) is 29.8 Å². The quantitative estimate of drug-likeness (QED) is 0.528. The maximum absolute atomic E-state index is 13.1. The number of benzene rings is 2. The number of amides is 1. The highest BCUT2D eigenvalue weighted by Gasteiger charge is 2.22. The van der Waals surface area contributed by atoms with Crippen molar-refractivity contribution in [3.8, 4) is 5.75 Å². The molecular weight excluding hydrogens is 460 g/mol. The summed E-state index contributed by atoms with van der Waals surface area (Å²) < 4.78 is 35.5. The lowest BCUT2D eigenvalue weighted by atomic mass is 10.2. The number of methoxy groups -OCH3 is 1. The largest absolute Gasteiger partial charge is 0.497 e. The molecule has 1 fully saturated rings. The minimum absolute atomic E-state index is 0.0450. The van der Waals surface area contributed by atoms with E-state index in [9.17, 15) is 22.8 Å². The van der Waals surface area contributed by atoms with Crippen LogP contribution in [0.3, 0.4) is 0 Å². The van der Waals surface area contributed by atoms with Crippen LogP contribution in [0.2, 0.25) is 0 Å². The van der Waals surface area contributed by atoms with Gasteiger partial charge >= 0.3 is 5.69 Å². The first-order valence-corrected chi connectivity index (χ1v) is 12.3. The molecule has 4 rings (SSSR count). The number of likely N-dealkylation sites (tertiary alicyclic amines) is 1. The van der Waals surface area contributed by atoms with E-state index in [-0.39, 0.29) is 34.8 Å². The van der Waals surface area contributed by atoms with Crippen molar-refractivity contribution in [3.05, 3.63) is 68.9 Å². The zero-order valence-electron chi connectivity index (χ0n) is 19.0. The summed E-state index contributed by atoms with van der Waals surface area (Å²) in [7, 11) is -0.918. The molecule has 0 radical (unpaired) electrons. The van der Waals surface area contributed by atoms with Gasteiger partial charge < -0.3 is 9.64 Å². The number of aryl methyl sites for hydroxylation is 1. The number of hydrogen-bond donors (Lipinski definition) is 1. The Morgan fingerprint density at radius 1 is 1.06 bits per heavy atom. The summed E-state index contributed by atoms with van der Waals surface area (Å²) >= 11 is 0. The highest BCUT2D eigenvalue weighted by molar-refractivity contribution is 7.89. The van der Waals surface area contributed by atoms with Crippen molar-refractivity contribution < 1.29 is 17.9 Å². The number of rotatable bonds is 7. The second-order valence-electron chi connectivity index (χ2n) is 8.17. The average molecular weight is 487 g/mol. The molecule has 1 aliphatic rings. The summed E-state index contributed by atoms with van der Waals surface area (Å²) in [5.41, 5.74) is -0.305. The minimum Gasteiger partial charge on any atom is -0.497 e. The number of nitrogens with zero attached hydrogens (tertiary/aromatic N) is 3. The molecule has 3 aromatic rings. The van der Waals surface area contributed by atoms with Crippen LogP contribution in [-0.2, 0) is 35.0 Å². The summed E-state index contributed by atoms with van der Waals surface area (Å²) in [4.78, 5) is 40.0. The number of aromatic nitrogens is 2. The van der Waals surface area contributed by atoms with Crippen molar-refractivity contribution in [1.29, 1.82) is 0 Å². The molecule has 1 N–H and O–H groups in total. The van der Waals surface area contributed by atoms with Gasteiger partial charge in [0.25, 0.3) is 5.56 Å². The zero-order valence-corrected chi connectivity index (χ0v) is 19.8. The SMILES string of the molecule is COc1ccc(CNS(=O)(=O)c2ccc3c(c2)c(=O)n(CC(=O)N2CCCC2)c(=O)n3C)cc1. The molecular formula is C23H26N4O6S. The second-order valence-corrected chi connectivity index (χ2v) is 9.94. The molecule has 180 valence electrons. The smallest absolute Gasteiger partial charge is 0.331 e. The Labute approximate surface area is 196 Å². The average Bonchev–Trinajstić information content (AvgIpc) is 3.39. The Bertz CT molecular complexity index is 1450. The first-order valence-electron chi connectivity index (χ1n) is 10.9. The van der Waals surface area contributed by atoms with E-state index < -0.39 is 21.3 Å². The van der Waals surface area contributed by atoms with Gasteiger partial charge in [0.1, 0.15) is 12.3 Å². The van der Waals surface area contributed by atoms with Crippen molar-refractivity contribution in [2.45, 2.75) is 30.8 Å². The van der Waals surface area contributed by atoms with Crippen LogP contribution in [0.4, 0.5) is 0 Å². The van der Waals surface area contributed by atoms with E-state index in [4.69, 9.17) is 4.74 Å². The van der Waals surface area contributed by atoms with Crippen molar-refractivity contribution in [1.82, 2.24) is 18.8 Å². The maximum Gasteiger partial charge on any atom is 0.331 e. The lowest BCUT2D eigenvalue weighted by molar-refractivity contribution is -0.130. The van der Waals surface area contributed by atoms with Crippen LogP contribution < -0.4 is 20.7 Å². The first-order chi connectivity index (χ1) is 16.2. The Kier molecular flexibility index (Phi) is 6.58. The van der Waals surface area contributed by atoms with Gasteiger partial charge in [-0.3, -0.25) is 18.7 Å². The third kappa shape index (κ3) is 4.62. The van der Waals surface area contributed by atoms with Crippen LogP contribution in [-0.4, -0.2) is 48.6 Å². The van der Waals surface area contributed by atoms with E-state index in [2.05, 4.69) is 4.72 Å². The lowest BCUT2D eigenvalue weighted by Gasteiger charge is -2.17. The number of nitrogens with one attached hydrogen (secondary N) is 1. The van der Waals surface area contributed by atoms with E-state index in [0.29, 0.717) is 18.8 Å². The van der Waals surface area contributed by atoms with Crippen LogP contribution in [0.25, 0.3) is 10.9 Å². The summed E-state index contributed by atoms with van der Waals surface area (Å²) in [6, 6.07) is 11.0. The maximum atomic E-state index is 13.1. The molecule has 2 aromatic carbocycles. The van der Waals surface area contributed by atoms with Crippen LogP contribution in [0.15, 0.2) is 56.9 Å². The van der Waals surface area contributed by atoms with Gasteiger partial charge in [-0.1, -0.05) is 12.1 Å². The monoisotopic (exact) mass is 486 g/mol. The molecule has 0 aliphatic carbocycles. The molecule has 1 saturated heterocycles. The van der Waals surface area contributed by atoms with E-state index in [1.54, 1.807) is 36.3 Å². The first kappa shape index (κ1) is 23.7. The highest BCUT2D eigenvalue weighted by atomic mass is 32.2. The standard InChI is InChI=1S/C23H26N4O6S/c1-25-20-10-9-18(34(31,32)24-14-16-5-7-17(33-2)8-6-16)13-19(20)22(29)27(23(25)30)15-21(28)26-11-3-4-12-26/h5-10,13,24H,3-4,11-12,14-15H2,1-2H3. The fraction of sp³-hybridized carbons (Fsp3) is 0.348. The van der Waals surface area contributed by atoms with E-state index in [0.717, 1.165) is 23.0 Å². The fourth-order valence-electron chi connectivity index (χ4n) is 4.01. The van der Waals surface area contributed by atoms with Crippen molar-refractivity contribution in [3.63, 3.8) is 0 Å². The Morgan fingerprint density at radius 2 is 1.74 bits per heavy atom. The third-order valence-electron chi connectivity index (χ3n) is 6.01.